The highest BCUT2D eigenvalue weighted by Crippen LogP contribution is 2.41. The third kappa shape index (κ3) is 4.20. The molecular weight excluding hydrogens is 451 g/mol. The zero-order valence-electron chi connectivity index (χ0n) is 17.7. The maximum atomic E-state index is 14.4. The van der Waals surface area contributed by atoms with E-state index in [1.54, 1.807) is 4.57 Å². The number of fused-ring (bicyclic) bond motifs is 2. The Morgan fingerprint density at radius 3 is 2.84 bits per heavy atom. The average molecular weight is 477 g/mol. The molecule has 0 amide bonds. The molecule has 0 radical (unpaired) electrons. The lowest BCUT2D eigenvalue weighted by molar-refractivity contribution is 0.343. The van der Waals surface area contributed by atoms with E-state index in [4.69, 9.17) is 5.73 Å². The number of nitrogens with zero attached hydrogens (tertiary/aromatic N) is 4. The van der Waals surface area contributed by atoms with E-state index in [9.17, 15) is 12.8 Å². The maximum Gasteiger partial charge on any atom is 0.213 e. The Labute approximate surface area is 190 Å². The first kappa shape index (κ1) is 21.6. The van der Waals surface area contributed by atoms with E-state index in [1.807, 2.05) is 6.07 Å². The number of rotatable bonds is 8. The van der Waals surface area contributed by atoms with Gasteiger partial charge in [-0.25, -0.2) is 32.5 Å². The Kier molecular flexibility index (Phi) is 5.58. The van der Waals surface area contributed by atoms with Gasteiger partial charge < -0.3 is 10.3 Å². The van der Waals surface area contributed by atoms with Crippen LogP contribution in [0.5, 0.6) is 0 Å². The van der Waals surface area contributed by atoms with Crippen molar-refractivity contribution in [1.29, 1.82) is 0 Å². The van der Waals surface area contributed by atoms with Crippen molar-refractivity contribution in [2.24, 2.45) is 0 Å². The molecule has 2 aromatic heterocycles. The molecule has 0 bridgehead atoms. The molecule has 170 valence electrons. The molecule has 8 nitrogen and oxygen atoms in total. The average Bonchev–Trinajstić information content (AvgIpc) is 3.38. The van der Waals surface area contributed by atoms with Crippen molar-refractivity contribution in [3.63, 3.8) is 0 Å². The fourth-order valence-electron chi connectivity index (χ4n) is 4.05. The number of sulfonamides is 1. The normalized spacial score (nSPS) is 18.4. The van der Waals surface area contributed by atoms with Crippen LogP contribution in [-0.4, -0.2) is 39.7 Å². The molecule has 1 unspecified atom stereocenters. The van der Waals surface area contributed by atoms with Crippen LogP contribution in [-0.2, 0) is 29.4 Å². The fourth-order valence-corrected chi connectivity index (χ4v) is 6.47. The van der Waals surface area contributed by atoms with Gasteiger partial charge >= 0.3 is 0 Å². The van der Waals surface area contributed by atoms with Gasteiger partial charge in [0.1, 0.15) is 12.5 Å². The molecule has 0 saturated heterocycles. The van der Waals surface area contributed by atoms with E-state index in [1.165, 1.54) is 18.1 Å². The molecule has 1 atom stereocenters. The summed E-state index contributed by atoms with van der Waals surface area (Å²) in [7, 11) is -3.42. The van der Waals surface area contributed by atoms with E-state index >= 15 is 0 Å². The van der Waals surface area contributed by atoms with Crippen molar-refractivity contribution in [1.82, 2.24) is 24.2 Å². The molecular formula is C21H25FN6O2S2. The van der Waals surface area contributed by atoms with Gasteiger partial charge in [0.25, 0.3) is 0 Å². The second-order valence-corrected chi connectivity index (χ2v) is 11.2. The number of halogens is 1. The van der Waals surface area contributed by atoms with Crippen LogP contribution in [0, 0.1) is 0 Å². The number of nitrogen functional groups attached to an aromatic ring is 1. The van der Waals surface area contributed by atoms with Crippen LogP contribution in [0.2, 0.25) is 0 Å². The minimum absolute atomic E-state index is 0.0542. The van der Waals surface area contributed by atoms with Gasteiger partial charge in [-0.2, -0.15) is 0 Å². The summed E-state index contributed by atoms with van der Waals surface area (Å²) in [6, 6.07) is 4.06. The lowest BCUT2D eigenvalue weighted by atomic mass is 10.0. The topological polar surface area (TPSA) is 116 Å². The van der Waals surface area contributed by atoms with Gasteiger partial charge in [-0.05, 0) is 54.9 Å². The largest absolute Gasteiger partial charge is 0.382 e. The van der Waals surface area contributed by atoms with Crippen molar-refractivity contribution in [2.75, 3.05) is 11.5 Å². The van der Waals surface area contributed by atoms with E-state index in [0.717, 1.165) is 47.3 Å². The highest BCUT2D eigenvalue weighted by atomic mass is 32.2. The fraction of sp³-hybridized carbons (Fsp3) is 0.476. The molecule has 11 heteroatoms. The zero-order chi connectivity index (χ0) is 22.5. The van der Waals surface area contributed by atoms with Crippen molar-refractivity contribution in [3.8, 4) is 0 Å². The first-order valence-corrected chi connectivity index (χ1v) is 13.3. The van der Waals surface area contributed by atoms with Crippen molar-refractivity contribution in [3.05, 3.63) is 35.2 Å². The molecule has 1 aromatic carbocycles. The summed E-state index contributed by atoms with van der Waals surface area (Å²) in [6.07, 6.45) is 4.23. The first-order valence-electron chi connectivity index (χ1n) is 10.8. The quantitative estimate of drug-likeness (QED) is 0.513. The number of aromatic nitrogens is 4. The van der Waals surface area contributed by atoms with E-state index in [2.05, 4.69) is 32.7 Å². The molecule has 0 spiro atoms. The molecule has 2 heterocycles. The maximum absolute atomic E-state index is 14.4. The molecule has 2 aliphatic carbocycles. The Hall–Kier alpha value is -2.24. The summed E-state index contributed by atoms with van der Waals surface area (Å²) in [5.41, 5.74) is 9.87. The number of anilines is 1. The van der Waals surface area contributed by atoms with Crippen LogP contribution in [0.1, 0.15) is 49.0 Å². The van der Waals surface area contributed by atoms with Gasteiger partial charge in [-0.1, -0.05) is 24.8 Å². The predicted octanol–water partition coefficient (Wildman–Crippen LogP) is 3.16. The molecule has 32 heavy (non-hydrogen) atoms. The van der Waals surface area contributed by atoms with Crippen molar-refractivity contribution < 1.29 is 12.8 Å². The van der Waals surface area contributed by atoms with Gasteiger partial charge in [0, 0.05) is 17.5 Å². The summed E-state index contributed by atoms with van der Waals surface area (Å²) >= 11 is 1.39. The second kappa shape index (κ2) is 8.27. The number of nitrogens with two attached hydrogens (primary N) is 1. The molecule has 1 fully saturated rings. The summed E-state index contributed by atoms with van der Waals surface area (Å²) in [5.74, 6) is 0.145. The van der Waals surface area contributed by atoms with E-state index < -0.39 is 16.2 Å². The van der Waals surface area contributed by atoms with Crippen LogP contribution < -0.4 is 10.5 Å². The Balaban J connectivity index is 1.52. The van der Waals surface area contributed by atoms with Crippen LogP contribution in [0.15, 0.2) is 28.5 Å². The summed E-state index contributed by atoms with van der Waals surface area (Å²) < 4.78 is 43.8. The lowest BCUT2D eigenvalue weighted by Gasteiger charge is -2.13. The summed E-state index contributed by atoms with van der Waals surface area (Å²) in [5, 5.41) is 0.567. The smallest absolute Gasteiger partial charge is 0.213 e. The van der Waals surface area contributed by atoms with Crippen LogP contribution >= 0.6 is 11.8 Å². The van der Waals surface area contributed by atoms with Gasteiger partial charge in [0.05, 0.1) is 5.75 Å². The molecule has 0 aliphatic heterocycles. The second-order valence-electron chi connectivity index (χ2n) is 8.31. The van der Waals surface area contributed by atoms with Gasteiger partial charge in [0.15, 0.2) is 22.1 Å². The highest BCUT2D eigenvalue weighted by Gasteiger charge is 2.28. The Bertz CT molecular complexity index is 1290. The summed E-state index contributed by atoms with van der Waals surface area (Å²) in [4.78, 5) is 13.9. The number of benzene rings is 1. The predicted molar refractivity (Wildman–Crippen MR) is 122 cm³/mol. The number of imidazole rings is 1. The Morgan fingerprint density at radius 2 is 2.09 bits per heavy atom. The van der Waals surface area contributed by atoms with E-state index in [0.29, 0.717) is 22.7 Å². The highest BCUT2D eigenvalue weighted by molar-refractivity contribution is 7.99. The number of alkyl halides is 1. The number of nitrogens with one attached hydrogen (secondary N) is 1. The van der Waals surface area contributed by atoms with Crippen LogP contribution in [0.3, 0.4) is 0 Å². The molecule has 5 rings (SSSR count). The molecule has 2 aliphatic rings. The number of aryl methyl sites for hydroxylation is 3. The first-order chi connectivity index (χ1) is 15.3. The Morgan fingerprint density at radius 1 is 1.28 bits per heavy atom. The van der Waals surface area contributed by atoms with E-state index in [-0.39, 0.29) is 24.2 Å². The van der Waals surface area contributed by atoms with Gasteiger partial charge in [-0.3, -0.25) is 0 Å². The molecule has 3 N–H and O–H groups in total. The van der Waals surface area contributed by atoms with Crippen LogP contribution in [0.4, 0.5) is 10.2 Å². The third-order valence-electron chi connectivity index (χ3n) is 5.94. The monoisotopic (exact) mass is 476 g/mol. The number of hydrogen-bond donors (Lipinski definition) is 2. The lowest BCUT2D eigenvalue weighted by Crippen LogP contribution is -2.30. The third-order valence-corrected chi connectivity index (χ3v) is 8.45. The SMILES string of the molecule is CCc1cc2c(cc1Sc1nc3c(N)ncnc3n1CCS(=O)(=O)NC1CC1)C(F)CC2. The van der Waals surface area contributed by atoms with Crippen molar-refractivity contribution >= 4 is 38.8 Å². The zero-order valence-corrected chi connectivity index (χ0v) is 19.3. The summed E-state index contributed by atoms with van der Waals surface area (Å²) in [6.45, 7) is 2.24. The van der Waals surface area contributed by atoms with Gasteiger partial charge in [-0.15, -0.1) is 0 Å². The van der Waals surface area contributed by atoms with Crippen LogP contribution in [0.25, 0.3) is 11.2 Å². The number of hydrogen-bond acceptors (Lipinski definition) is 7. The molecule has 1 saturated carbocycles. The standard InChI is InChI=1S/C21H25FN6O2S2/c1-2-12-9-13-3-6-16(22)15(13)10-17(12)31-21-26-18-19(23)24-11-25-20(18)28(21)7-8-32(29,30)27-14-4-5-14/h9-11,14,16,27H,2-8H2,1H3,(H2,23,24,25). The minimum atomic E-state index is -3.42. The van der Waals surface area contributed by atoms with Crippen molar-refractivity contribution in [2.45, 2.75) is 67.8 Å². The molecule has 3 aromatic rings. The minimum Gasteiger partial charge on any atom is -0.382 e. The van der Waals surface area contributed by atoms with Gasteiger partial charge in [0.2, 0.25) is 10.0 Å².